The molecule has 2 N–H and O–H groups in total. The van der Waals surface area contributed by atoms with Crippen LogP contribution in [0.1, 0.15) is 26.7 Å². The molecule has 1 rings (SSSR count). The molecule has 0 aromatic heterocycles. The summed E-state index contributed by atoms with van der Waals surface area (Å²) in [6, 6.07) is -0.875. The first-order valence-electron chi connectivity index (χ1n) is 6.70. The van der Waals surface area contributed by atoms with Gasteiger partial charge in [-0.1, -0.05) is 0 Å². The molecule has 0 unspecified atom stereocenters. The smallest absolute Gasteiger partial charge is 0.407 e. The number of nitrogens with zero attached hydrogens (tertiary/aromatic N) is 1. The number of amides is 2. The van der Waals surface area contributed by atoms with E-state index in [1.807, 2.05) is 0 Å². The van der Waals surface area contributed by atoms with Crippen molar-refractivity contribution >= 4 is 18.0 Å². The Hall–Kier alpha value is -1.83. The molecule has 1 heterocycles. The van der Waals surface area contributed by atoms with E-state index in [1.165, 1.54) is 26.0 Å². The van der Waals surface area contributed by atoms with E-state index in [0.29, 0.717) is 19.4 Å². The molecule has 8 heteroatoms. The Kier molecular flexibility index (Phi) is 5.54. The normalized spacial score (nSPS) is 22.3. The summed E-state index contributed by atoms with van der Waals surface area (Å²) in [5.41, 5.74) is -1.40. The Morgan fingerprint density at radius 2 is 2.00 bits per heavy atom. The van der Waals surface area contributed by atoms with Gasteiger partial charge in [-0.05, 0) is 26.7 Å². The van der Waals surface area contributed by atoms with E-state index < -0.39 is 35.7 Å². The van der Waals surface area contributed by atoms with Gasteiger partial charge in [0.25, 0.3) is 5.91 Å². The molecule has 0 saturated carbocycles. The predicted octanol–water partition coefficient (Wildman–Crippen LogP) is 0.212. The third-order valence-electron chi connectivity index (χ3n) is 3.96. The second-order valence-corrected chi connectivity index (χ2v) is 5.19. The van der Waals surface area contributed by atoms with E-state index in [4.69, 9.17) is 4.74 Å². The number of ether oxygens (including phenoxy) is 2. The molecule has 0 spiro atoms. The number of aliphatic carboxylic acids is 1. The van der Waals surface area contributed by atoms with E-state index in [2.05, 4.69) is 10.1 Å². The van der Waals surface area contributed by atoms with Crippen molar-refractivity contribution in [1.82, 2.24) is 10.2 Å². The highest BCUT2D eigenvalue weighted by Crippen LogP contribution is 2.24. The Labute approximate surface area is 123 Å². The van der Waals surface area contributed by atoms with Crippen LogP contribution in [0.15, 0.2) is 0 Å². The van der Waals surface area contributed by atoms with E-state index in [1.54, 1.807) is 6.92 Å². The Balaban J connectivity index is 3.05. The van der Waals surface area contributed by atoms with Crippen molar-refractivity contribution in [3.8, 4) is 0 Å². The number of carbonyl (C=O) groups is 3. The Morgan fingerprint density at radius 1 is 1.38 bits per heavy atom. The molecule has 0 aromatic carbocycles. The molecular weight excluding hydrogens is 280 g/mol. The highest BCUT2D eigenvalue weighted by atomic mass is 16.5. The van der Waals surface area contributed by atoms with Gasteiger partial charge in [0.05, 0.1) is 13.2 Å². The molecule has 0 radical (unpaired) electrons. The lowest BCUT2D eigenvalue weighted by atomic mass is 9.93. The monoisotopic (exact) mass is 302 g/mol. The average molecular weight is 302 g/mol. The standard InChI is InChI=1S/C13H22N2O6/c1-8(20-3)13(2,14-12(19)21-4)11(18)15-7-5-6-9(15)10(16)17/h8-9H,5-7H2,1-4H3,(H,14,19)(H,16,17)/t8-,9+,13-/m1/s1. The fourth-order valence-electron chi connectivity index (χ4n) is 2.39. The third-order valence-corrected chi connectivity index (χ3v) is 3.96. The van der Waals surface area contributed by atoms with Gasteiger partial charge in [-0.2, -0.15) is 0 Å². The molecule has 1 saturated heterocycles. The van der Waals surface area contributed by atoms with Gasteiger partial charge in [0.2, 0.25) is 0 Å². The van der Waals surface area contributed by atoms with Gasteiger partial charge in [-0.15, -0.1) is 0 Å². The van der Waals surface area contributed by atoms with Crippen LogP contribution in [0.3, 0.4) is 0 Å². The van der Waals surface area contributed by atoms with Crippen LogP contribution in [0, 0.1) is 0 Å². The average Bonchev–Trinajstić information content (AvgIpc) is 2.94. The van der Waals surface area contributed by atoms with Crippen LogP contribution >= 0.6 is 0 Å². The van der Waals surface area contributed by atoms with Crippen LogP contribution in [-0.2, 0) is 19.1 Å². The maximum atomic E-state index is 12.7. The zero-order chi connectivity index (χ0) is 16.2. The van der Waals surface area contributed by atoms with Crippen molar-refractivity contribution in [2.45, 2.75) is 44.4 Å². The molecule has 21 heavy (non-hydrogen) atoms. The van der Waals surface area contributed by atoms with Crippen LogP contribution in [0.25, 0.3) is 0 Å². The van der Waals surface area contributed by atoms with Crippen LogP contribution in [0.4, 0.5) is 4.79 Å². The first-order chi connectivity index (χ1) is 9.77. The fraction of sp³-hybridized carbons (Fsp3) is 0.769. The molecule has 1 fully saturated rings. The van der Waals surface area contributed by atoms with Gasteiger partial charge in [0.15, 0.2) is 0 Å². The second-order valence-electron chi connectivity index (χ2n) is 5.19. The van der Waals surface area contributed by atoms with Gasteiger partial charge in [-0.3, -0.25) is 4.79 Å². The van der Waals surface area contributed by atoms with Crippen LogP contribution in [0.5, 0.6) is 0 Å². The van der Waals surface area contributed by atoms with E-state index >= 15 is 0 Å². The zero-order valence-corrected chi connectivity index (χ0v) is 12.7. The number of methoxy groups -OCH3 is 2. The minimum absolute atomic E-state index is 0.338. The summed E-state index contributed by atoms with van der Waals surface area (Å²) in [6.07, 6.45) is -0.422. The number of carboxylic acid groups (broad SMARTS) is 1. The number of nitrogens with one attached hydrogen (secondary N) is 1. The van der Waals surface area contributed by atoms with Gasteiger partial charge in [0.1, 0.15) is 11.6 Å². The topological polar surface area (TPSA) is 105 Å². The maximum Gasteiger partial charge on any atom is 0.407 e. The summed E-state index contributed by atoms with van der Waals surface area (Å²) >= 11 is 0. The van der Waals surface area contributed by atoms with Crippen LogP contribution in [-0.4, -0.2) is 66.4 Å². The van der Waals surface area contributed by atoms with Gasteiger partial charge in [0, 0.05) is 13.7 Å². The number of rotatable bonds is 5. The van der Waals surface area contributed by atoms with E-state index in [9.17, 15) is 19.5 Å². The lowest BCUT2D eigenvalue weighted by Gasteiger charge is -2.37. The summed E-state index contributed by atoms with van der Waals surface area (Å²) in [6.45, 7) is 3.46. The van der Waals surface area contributed by atoms with E-state index in [-0.39, 0.29) is 0 Å². The van der Waals surface area contributed by atoms with Crippen molar-refractivity contribution in [3.63, 3.8) is 0 Å². The number of carboxylic acids is 1. The maximum absolute atomic E-state index is 12.7. The van der Waals surface area contributed by atoms with Gasteiger partial charge >= 0.3 is 12.1 Å². The highest BCUT2D eigenvalue weighted by molar-refractivity contribution is 5.93. The van der Waals surface area contributed by atoms with Crippen molar-refractivity contribution in [2.24, 2.45) is 0 Å². The Morgan fingerprint density at radius 3 is 2.48 bits per heavy atom. The van der Waals surface area contributed by atoms with Crippen LogP contribution < -0.4 is 5.32 Å². The molecule has 1 aliphatic heterocycles. The van der Waals surface area contributed by atoms with E-state index in [0.717, 1.165) is 0 Å². The summed E-state index contributed by atoms with van der Waals surface area (Å²) < 4.78 is 9.71. The lowest BCUT2D eigenvalue weighted by Crippen LogP contribution is -2.65. The largest absolute Gasteiger partial charge is 0.480 e. The number of hydrogen-bond donors (Lipinski definition) is 2. The first-order valence-corrected chi connectivity index (χ1v) is 6.70. The van der Waals surface area contributed by atoms with Gasteiger partial charge < -0.3 is 24.8 Å². The third kappa shape index (κ3) is 3.44. The summed E-state index contributed by atoms with van der Waals surface area (Å²) in [5, 5.41) is 11.6. The number of likely N-dealkylation sites (tertiary alicyclic amines) is 1. The predicted molar refractivity (Wildman–Crippen MR) is 72.8 cm³/mol. The van der Waals surface area contributed by atoms with Crippen molar-refractivity contribution in [3.05, 3.63) is 0 Å². The summed E-state index contributed by atoms with van der Waals surface area (Å²) in [5.74, 6) is -1.54. The molecule has 2 amide bonds. The van der Waals surface area contributed by atoms with Crippen molar-refractivity contribution in [2.75, 3.05) is 20.8 Å². The lowest BCUT2D eigenvalue weighted by molar-refractivity contribution is -0.153. The fourth-order valence-corrected chi connectivity index (χ4v) is 2.39. The number of hydrogen-bond acceptors (Lipinski definition) is 5. The highest BCUT2D eigenvalue weighted by Gasteiger charge is 2.47. The van der Waals surface area contributed by atoms with Gasteiger partial charge in [-0.25, -0.2) is 9.59 Å². The molecule has 1 aliphatic rings. The summed E-state index contributed by atoms with van der Waals surface area (Å²) in [4.78, 5) is 36.7. The minimum Gasteiger partial charge on any atom is -0.480 e. The molecular formula is C13H22N2O6. The number of carbonyl (C=O) groups excluding carboxylic acids is 2. The Bertz CT molecular complexity index is 427. The van der Waals surface area contributed by atoms with Crippen LogP contribution in [0.2, 0.25) is 0 Å². The molecule has 0 aromatic rings. The summed E-state index contributed by atoms with van der Waals surface area (Å²) in [7, 11) is 2.60. The number of alkyl carbamates (subject to hydrolysis) is 1. The second kappa shape index (κ2) is 6.75. The quantitative estimate of drug-likeness (QED) is 0.752. The first kappa shape index (κ1) is 17.2. The molecule has 0 bridgehead atoms. The zero-order valence-electron chi connectivity index (χ0n) is 12.7. The molecule has 0 aliphatic carbocycles. The molecule has 8 nitrogen and oxygen atoms in total. The van der Waals surface area contributed by atoms with Crippen molar-refractivity contribution < 1.29 is 29.0 Å². The van der Waals surface area contributed by atoms with Crippen molar-refractivity contribution in [1.29, 1.82) is 0 Å². The molecule has 120 valence electrons. The SMILES string of the molecule is COC(=O)N[C@@](C)(C(=O)N1CCC[C@H]1C(=O)O)[C@@H](C)OC. The minimum atomic E-state index is -1.40. The molecule has 3 atom stereocenters.